The Morgan fingerprint density at radius 3 is 2.39 bits per heavy atom. The van der Waals surface area contributed by atoms with Gasteiger partial charge in [0.25, 0.3) is 0 Å². The molecule has 0 saturated carbocycles. The van der Waals surface area contributed by atoms with Gasteiger partial charge in [-0.05, 0) is 47.5 Å². The molecule has 0 unspecified atom stereocenters. The van der Waals surface area contributed by atoms with Crippen molar-refractivity contribution in [3.63, 3.8) is 0 Å². The van der Waals surface area contributed by atoms with Gasteiger partial charge in [-0.3, -0.25) is 0 Å². The zero-order chi connectivity index (χ0) is 23.0. The number of carbonyl (C=O) groups is 1. The smallest absolute Gasteiger partial charge is 0.336 e. The summed E-state index contributed by atoms with van der Waals surface area (Å²) in [5.41, 5.74) is 4.02. The number of benzene rings is 3. The van der Waals surface area contributed by atoms with E-state index in [9.17, 15) is 10.1 Å². The van der Waals surface area contributed by atoms with E-state index in [1.807, 2.05) is 60.0 Å². The average molecular weight is 513 g/mol. The van der Waals surface area contributed by atoms with E-state index < -0.39 is 5.97 Å². The van der Waals surface area contributed by atoms with E-state index >= 15 is 0 Å². The molecule has 1 heterocycles. The van der Waals surface area contributed by atoms with Crippen LogP contribution in [0.3, 0.4) is 0 Å². The quantitative estimate of drug-likeness (QED) is 0.118. The van der Waals surface area contributed by atoms with Gasteiger partial charge in [-0.2, -0.15) is 5.26 Å². The Morgan fingerprint density at radius 1 is 0.970 bits per heavy atom. The monoisotopic (exact) mass is 512 g/mol. The summed E-state index contributed by atoms with van der Waals surface area (Å²) in [4.78, 5) is 16.7. The standard InChI is InChI=1S/C27H17BrN2O2S/c28-23-11-9-21(10-12-23)25-18-33-27(30-25)22(17-29)16-20-6-13-24(14-7-20)32-26(31)15-8-19-4-2-1-3-5-19/h1-16,18H/b15-8+,22-16+. The molecule has 6 heteroatoms. The molecule has 0 radical (unpaired) electrons. The van der Waals surface area contributed by atoms with Gasteiger partial charge in [0, 0.05) is 21.5 Å². The minimum atomic E-state index is -0.455. The van der Waals surface area contributed by atoms with Crippen LogP contribution in [0.15, 0.2) is 94.8 Å². The first-order chi connectivity index (χ1) is 16.1. The van der Waals surface area contributed by atoms with Gasteiger partial charge in [0.1, 0.15) is 16.8 Å². The molecule has 0 aliphatic carbocycles. The van der Waals surface area contributed by atoms with Crippen molar-refractivity contribution in [1.29, 1.82) is 5.26 Å². The lowest BCUT2D eigenvalue weighted by Crippen LogP contribution is -2.03. The summed E-state index contributed by atoms with van der Waals surface area (Å²) in [5.74, 6) is -0.0248. The molecule has 3 aromatic carbocycles. The number of hydrogen-bond donors (Lipinski definition) is 0. The Bertz CT molecular complexity index is 1350. The van der Waals surface area contributed by atoms with Crippen LogP contribution in [0.25, 0.3) is 29.0 Å². The number of ether oxygens (including phenoxy) is 1. The van der Waals surface area contributed by atoms with Crippen LogP contribution < -0.4 is 4.74 Å². The van der Waals surface area contributed by atoms with Gasteiger partial charge in [0.15, 0.2) is 0 Å². The Kier molecular flexibility index (Phi) is 7.26. The van der Waals surface area contributed by atoms with Crippen LogP contribution >= 0.6 is 27.3 Å². The third-order valence-electron chi connectivity index (χ3n) is 4.62. The van der Waals surface area contributed by atoms with Crippen LogP contribution in [0.4, 0.5) is 0 Å². The zero-order valence-corrected chi connectivity index (χ0v) is 19.7. The highest BCUT2D eigenvalue weighted by atomic mass is 79.9. The highest BCUT2D eigenvalue weighted by molar-refractivity contribution is 9.10. The summed E-state index contributed by atoms with van der Waals surface area (Å²) in [6, 6.07) is 26.6. The fourth-order valence-electron chi connectivity index (χ4n) is 2.97. The van der Waals surface area contributed by atoms with E-state index in [1.54, 1.807) is 36.4 Å². The van der Waals surface area contributed by atoms with Crippen molar-refractivity contribution in [2.24, 2.45) is 0 Å². The molecule has 0 bridgehead atoms. The van der Waals surface area contributed by atoms with Crippen LogP contribution in [-0.2, 0) is 4.79 Å². The van der Waals surface area contributed by atoms with Crippen molar-refractivity contribution >= 4 is 51.0 Å². The molecule has 0 aliphatic heterocycles. The van der Waals surface area contributed by atoms with Crippen molar-refractivity contribution in [2.45, 2.75) is 0 Å². The predicted octanol–water partition coefficient (Wildman–Crippen LogP) is 7.26. The van der Waals surface area contributed by atoms with E-state index in [1.165, 1.54) is 17.4 Å². The number of hydrogen-bond acceptors (Lipinski definition) is 5. The summed E-state index contributed by atoms with van der Waals surface area (Å²) < 4.78 is 6.34. The molecule has 4 rings (SSSR count). The van der Waals surface area contributed by atoms with Crippen LogP contribution in [0.1, 0.15) is 16.1 Å². The third-order valence-corrected chi connectivity index (χ3v) is 6.02. The normalized spacial score (nSPS) is 11.3. The molecule has 0 amide bonds. The molecule has 4 aromatic rings. The van der Waals surface area contributed by atoms with E-state index in [0.717, 1.165) is 26.9 Å². The second-order valence-corrected chi connectivity index (χ2v) is 8.72. The summed E-state index contributed by atoms with van der Waals surface area (Å²) in [6.07, 6.45) is 4.86. The fourth-order valence-corrected chi connectivity index (χ4v) is 4.03. The molecule has 0 aliphatic rings. The van der Waals surface area contributed by atoms with Crippen molar-refractivity contribution in [3.05, 3.63) is 111 Å². The Morgan fingerprint density at radius 2 is 1.70 bits per heavy atom. The molecule has 4 nitrogen and oxygen atoms in total. The number of nitrogens with zero attached hydrogens (tertiary/aromatic N) is 2. The van der Waals surface area contributed by atoms with Gasteiger partial charge < -0.3 is 4.74 Å². The van der Waals surface area contributed by atoms with Gasteiger partial charge in [-0.25, -0.2) is 9.78 Å². The number of allylic oxidation sites excluding steroid dienone is 1. The molecule has 33 heavy (non-hydrogen) atoms. The topological polar surface area (TPSA) is 63.0 Å². The maximum Gasteiger partial charge on any atom is 0.336 e. The van der Waals surface area contributed by atoms with Crippen molar-refractivity contribution in [1.82, 2.24) is 4.98 Å². The number of esters is 1. The number of thiazole rings is 1. The Balaban J connectivity index is 1.44. The van der Waals surface area contributed by atoms with Crippen molar-refractivity contribution in [3.8, 4) is 23.1 Å². The van der Waals surface area contributed by atoms with E-state index in [4.69, 9.17) is 4.74 Å². The highest BCUT2D eigenvalue weighted by Gasteiger charge is 2.09. The molecule has 0 N–H and O–H groups in total. The number of rotatable bonds is 6. The Labute approximate surface area is 204 Å². The fraction of sp³-hybridized carbons (Fsp3) is 0. The first-order valence-electron chi connectivity index (χ1n) is 9.99. The molecule has 0 saturated heterocycles. The summed E-state index contributed by atoms with van der Waals surface area (Å²) in [7, 11) is 0. The Hall–Kier alpha value is -3.79. The maximum atomic E-state index is 12.0. The minimum absolute atomic E-state index is 0.431. The van der Waals surface area contributed by atoms with Gasteiger partial charge >= 0.3 is 5.97 Å². The third kappa shape index (κ3) is 6.13. The maximum absolute atomic E-state index is 12.0. The summed E-state index contributed by atoms with van der Waals surface area (Å²) in [6.45, 7) is 0. The SMILES string of the molecule is N#C/C(=C\c1ccc(OC(=O)/C=C/c2ccccc2)cc1)c1nc(-c2ccc(Br)cc2)cs1. The van der Waals surface area contributed by atoms with E-state index in [2.05, 4.69) is 27.0 Å². The van der Waals surface area contributed by atoms with Gasteiger partial charge in [0.2, 0.25) is 0 Å². The number of halogens is 1. The van der Waals surface area contributed by atoms with Crippen molar-refractivity contribution < 1.29 is 9.53 Å². The second kappa shape index (κ2) is 10.7. The van der Waals surface area contributed by atoms with Crippen molar-refractivity contribution in [2.75, 3.05) is 0 Å². The van der Waals surface area contributed by atoms with E-state index in [0.29, 0.717) is 16.3 Å². The largest absolute Gasteiger partial charge is 0.423 e. The lowest BCUT2D eigenvalue weighted by atomic mass is 10.1. The van der Waals surface area contributed by atoms with Crippen LogP contribution in [0.5, 0.6) is 5.75 Å². The van der Waals surface area contributed by atoms with Gasteiger partial charge in [-0.1, -0.05) is 70.5 Å². The van der Waals surface area contributed by atoms with Crippen LogP contribution in [0.2, 0.25) is 0 Å². The highest BCUT2D eigenvalue weighted by Crippen LogP contribution is 2.28. The number of aromatic nitrogens is 1. The molecule has 0 atom stereocenters. The van der Waals surface area contributed by atoms with Gasteiger partial charge in [0.05, 0.1) is 11.3 Å². The van der Waals surface area contributed by atoms with Gasteiger partial charge in [-0.15, -0.1) is 11.3 Å². The molecule has 0 fully saturated rings. The molecule has 0 spiro atoms. The summed E-state index contributed by atoms with van der Waals surface area (Å²) >= 11 is 4.85. The molecular weight excluding hydrogens is 496 g/mol. The molecular formula is C27H17BrN2O2S. The van der Waals surface area contributed by atoms with E-state index in [-0.39, 0.29) is 0 Å². The van der Waals surface area contributed by atoms with Crippen LogP contribution in [-0.4, -0.2) is 11.0 Å². The first kappa shape index (κ1) is 22.4. The zero-order valence-electron chi connectivity index (χ0n) is 17.3. The second-order valence-electron chi connectivity index (χ2n) is 6.95. The average Bonchev–Trinajstić information content (AvgIpc) is 3.33. The lowest BCUT2D eigenvalue weighted by molar-refractivity contribution is -0.128. The van der Waals surface area contributed by atoms with Crippen LogP contribution in [0, 0.1) is 11.3 Å². The first-order valence-corrected chi connectivity index (χ1v) is 11.7. The molecule has 1 aromatic heterocycles. The summed E-state index contributed by atoms with van der Waals surface area (Å²) in [5, 5.41) is 12.2. The molecule has 160 valence electrons. The number of carbonyl (C=O) groups excluding carboxylic acids is 1. The number of nitriles is 1. The minimum Gasteiger partial charge on any atom is -0.423 e. The lowest BCUT2D eigenvalue weighted by Gasteiger charge is -2.02. The predicted molar refractivity (Wildman–Crippen MR) is 136 cm³/mol.